The summed E-state index contributed by atoms with van der Waals surface area (Å²) in [6.45, 7) is 16.2. The molecule has 2 aromatic carbocycles. The van der Waals surface area contributed by atoms with Crippen LogP contribution in [0.1, 0.15) is 121 Å². The predicted octanol–water partition coefficient (Wildman–Crippen LogP) is 12.8. The first-order valence-electron chi connectivity index (χ1n) is 20.9. The van der Waals surface area contributed by atoms with Gasteiger partial charge in [-0.05, 0) is 37.0 Å². The van der Waals surface area contributed by atoms with Crippen LogP contribution in [-0.4, -0.2) is 37.8 Å². The summed E-state index contributed by atoms with van der Waals surface area (Å²) in [5.41, 5.74) is 11.8. The van der Waals surface area contributed by atoms with Crippen LogP contribution >= 0.6 is 0 Å². The van der Waals surface area contributed by atoms with E-state index < -0.39 is 13.3 Å². The van der Waals surface area contributed by atoms with E-state index >= 15 is 0 Å². The number of rotatable bonds is 9. The van der Waals surface area contributed by atoms with E-state index in [0.29, 0.717) is 23.5 Å². The molecule has 5 heterocycles. The smallest absolute Gasteiger partial charge is 0.216 e. The van der Waals surface area contributed by atoms with Crippen LogP contribution in [0, 0.1) is 18.1 Å². The van der Waals surface area contributed by atoms with E-state index in [1.165, 1.54) is 43.2 Å². The maximum atomic E-state index is 6.02. The number of aromatic nitrogens is 5. The van der Waals surface area contributed by atoms with Crippen LogP contribution in [0.4, 0.5) is 0 Å². The van der Waals surface area contributed by atoms with Crippen LogP contribution in [0.25, 0.3) is 55.7 Å². The molecule has 7 aromatic rings. The fraction of sp³-hybridized carbons (Fsp3) is 0.429. The average Bonchev–Trinajstić information content (AvgIpc) is 3.75. The zero-order chi connectivity index (χ0) is 39.7. The monoisotopic (exact) mass is 1000 g/mol. The molecule has 1 fully saturated rings. The molecule has 1 aliphatic rings. The SMILES string of the molecule is CC(C)Cc1cc(-c2[c-]cc(C3CCCCC3)cc2)nc[c]1[Ge]([CH3])([CH3])[CH3].CCn1c(-c2[c-]cc3oc4nc(C(C)C)ccc4c3c2)nc2ccnc(C(C)C)c21.[Ir]. The molecule has 6 nitrogen and oxygen atoms in total. The first-order valence-corrected chi connectivity index (χ1v) is 28.3. The Morgan fingerprint density at radius 1 is 0.825 bits per heavy atom. The largest absolute Gasteiger partial charge is 0.486 e. The van der Waals surface area contributed by atoms with Gasteiger partial charge >= 0.3 is 163 Å². The van der Waals surface area contributed by atoms with E-state index in [2.05, 4.69) is 136 Å². The molecule has 0 spiro atoms. The normalized spacial score (nSPS) is 13.8. The van der Waals surface area contributed by atoms with Gasteiger partial charge in [-0.2, -0.15) is 0 Å². The van der Waals surface area contributed by atoms with Crippen molar-refractivity contribution in [1.29, 1.82) is 0 Å². The van der Waals surface area contributed by atoms with Crippen LogP contribution < -0.4 is 4.40 Å². The molecule has 301 valence electrons. The Kier molecular flexibility index (Phi) is 13.6. The third kappa shape index (κ3) is 9.32. The van der Waals surface area contributed by atoms with E-state index in [-0.39, 0.29) is 20.1 Å². The summed E-state index contributed by atoms with van der Waals surface area (Å²) in [7, 11) is 0. The maximum absolute atomic E-state index is 6.02. The molecule has 1 radical (unpaired) electrons. The minimum Gasteiger partial charge on any atom is -0.486 e. The first kappa shape index (κ1) is 42.9. The molecular weight excluding hydrogens is 939 g/mol. The van der Waals surface area contributed by atoms with E-state index in [0.717, 1.165) is 80.3 Å². The Morgan fingerprint density at radius 3 is 2.23 bits per heavy atom. The Bertz CT molecular complexity index is 2450. The van der Waals surface area contributed by atoms with Gasteiger partial charge in [-0.1, -0.05) is 33.1 Å². The van der Waals surface area contributed by atoms with Crippen LogP contribution in [0.3, 0.4) is 0 Å². The standard InChI is InChI=1S/C25H25N4O.C24H34GeN.Ir/c1-6-29-23-20(11-12-26-22(23)15(4)5)27-24(29)16-7-10-21-18(13-16)17-8-9-19(14(2)3)28-25(17)30-21;1-18(2)15-22-16-24(26-17-23(22)25(3,4)5)21-13-11-20(12-14-21)19-9-7-6-8-10-19;/h8-15H,6H2,1-5H3;11-13,16-19H,6-10,15H2,1-5H3;/q2*-1;. The fourth-order valence-electron chi connectivity index (χ4n) is 8.32. The van der Waals surface area contributed by atoms with Gasteiger partial charge in [-0.25, -0.2) is 4.98 Å². The molecule has 0 aliphatic heterocycles. The number of furan rings is 1. The van der Waals surface area contributed by atoms with Crippen molar-refractivity contribution in [3.63, 3.8) is 0 Å². The van der Waals surface area contributed by atoms with Crippen molar-refractivity contribution >= 4 is 50.8 Å². The molecule has 57 heavy (non-hydrogen) atoms. The Balaban J connectivity index is 0.000000192. The number of imidazole rings is 1. The second-order valence-electron chi connectivity index (χ2n) is 17.8. The van der Waals surface area contributed by atoms with Crippen molar-refractivity contribution in [2.45, 2.75) is 129 Å². The summed E-state index contributed by atoms with van der Waals surface area (Å²) in [6.07, 6.45) is 12.0. The number of fused-ring (bicyclic) bond motifs is 4. The van der Waals surface area contributed by atoms with Crippen molar-refractivity contribution in [3.05, 3.63) is 102 Å². The van der Waals surface area contributed by atoms with Gasteiger partial charge in [-0.3, -0.25) is 9.97 Å². The van der Waals surface area contributed by atoms with Gasteiger partial charge in [-0.15, -0.1) is 23.8 Å². The zero-order valence-electron chi connectivity index (χ0n) is 35.6. The molecule has 0 atom stereocenters. The second-order valence-corrected chi connectivity index (χ2v) is 28.4. The Hall–Kier alpha value is -3.65. The summed E-state index contributed by atoms with van der Waals surface area (Å²) in [5.74, 6) is 10.4. The third-order valence-electron chi connectivity index (χ3n) is 11.3. The topological polar surface area (TPSA) is 69.6 Å². The zero-order valence-corrected chi connectivity index (χ0v) is 40.1. The van der Waals surface area contributed by atoms with Gasteiger partial charge in [0.1, 0.15) is 0 Å². The minimum absolute atomic E-state index is 0. The molecule has 8 heteroatoms. The average molecular weight is 999 g/mol. The molecule has 1 aliphatic carbocycles. The van der Waals surface area contributed by atoms with Gasteiger partial charge in [0.2, 0.25) is 5.71 Å². The Morgan fingerprint density at radius 2 is 1.58 bits per heavy atom. The van der Waals surface area contributed by atoms with Crippen molar-refractivity contribution < 1.29 is 24.5 Å². The van der Waals surface area contributed by atoms with Gasteiger partial charge in [0, 0.05) is 43.9 Å². The molecule has 1 saturated carbocycles. The molecule has 0 amide bonds. The summed E-state index contributed by atoms with van der Waals surface area (Å²) >= 11 is -1.90. The summed E-state index contributed by atoms with van der Waals surface area (Å²) < 4.78 is 9.82. The molecule has 0 saturated heterocycles. The summed E-state index contributed by atoms with van der Waals surface area (Å²) in [6, 6.07) is 26.3. The second kappa shape index (κ2) is 18.1. The first-order chi connectivity index (χ1) is 26.8. The number of nitrogens with zero attached hydrogens (tertiary/aromatic N) is 5. The molecule has 8 rings (SSSR count). The van der Waals surface area contributed by atoms with Crippen molar-refractivity contribution in [3.8, 4) is 22.6 Å². The van der Waals surface area contributed by atoms with Crippen LogP contribution in [0.2, 0.25) is 17.3 Å². The van der Waals surface area contributed by atoms with E-state index in [4.69, 9.17) is 19.4 Å². The van der Waals surface area contributed by atoms with Crippen LogP contribution in [0.5, 0.6) is 0 Å². The van der Waals surface area contributed by atoms with E-state index in [9.17, 15) is 0 Å². The number of hydrogen-bond donors (Lipinski definition) is 0. The maximum Gasteiger partial charge on any atom is 0.216 e. The quantitative estimate of drug-likeness (QED) is 0.106. The number of benzene rings is 2. The summed E-state index contributed by atoms with van der Waals surface area (Å²) in [5, 5.41) is 2.06. The van der Waals surface area contributed by atoms with Crippen LogP contribution in [0.15, 0.2) is 71.4 Å². The molecule has 0 bridgehead atoms. The van der Waals surface area contributed by atoms with E-state index in [1.807, 2.05) is 18.3 Å². The van der Waals surface area contributed by atoms with Crippen molar-refractivity contribution in [1.82, 2.24) is 24.5 Å². The van der Waals surface area contributed by atoms with Crippen LogP contribution in [-0.2, 0) is 33.1 Å². The van der Waals surface area contributed by atoms with E-state index in [1.54, 1.807) is 4.40 Å². The summed E-state index contributed by atoms with van der Waals surface area (Å²) in [4.78, 5) is 19.1. The number of aryl methyl sites for hydroxylation is 1. The molecule has 0 unspecified atom stereocenters. The van der Waals surface area contributed by atoms with Gasteiger partial charge in [0.25, 0.3) is 0 Å². The van der Waals surface area contributed by atoms with Crippen molar-refractivity contribution in [2.75, 3.05) is 0 Å². The number of hydrogen-bond acceptors (Lipinski definition) is 5. The minimum atomic E-state index is -1.90. The van der Waals surface area contributed by atoms with Gasteiger partial charge in [0.15, 0.2) is 0 Å². The number of pyridine rings is 3. The van der Waals surface area contributed by atoms with Crippen molar-refractivity contribution in [2.24, 2.45) is 5.92 Å². The third-order valence-corrected chi connectivity index (χ3v) is 15.6. The molecule has 5 aromatic heterocycles. The van der Waals surface area contributed by atoms with Gasteiger partial charge < -0.3 is 8.98 Å². The predicted molar refractivity (Wildman–Crippen MR) is 237 cm³/mol. The molecule has 0 N–H and O–H groups in total. The Labute approximate surface area is 356 Å². The fourth-order valence-corrected chi connectivity index (χ4v) is 11.7. The van der Waals surface area contributed by atoms with Gasteiger partial charge in [0.05, 0.1) is 28.1 Å². The molecular formula is C49H59GeIrN5O-2.